The Morgan fingerprint density at radius 3 is 2.06 bits per heavy atom. The molecule has 0 saturated carbocycles. The van der Waals surface area contributed by atoms with Gasteiger partial charge < -0.3 is 9.64 Å². The Hall–Kier alpha value is -0.730. The van der Waals surface area contributed by atoms with Crippen molar-refractivity contribution in [2.75, 3.05) is 6.54 Å². The van der Waals surface area contributed by atoms with Gasteiger partial charge in [0.15, 0.2) is 0 Å². The summed E-state index contributed by atoms with van der Waals surface area (Å²) in [5, 5.41) is 0. The van der Waals surface area contributed by atoms with Crippen LogP contribution in [-0.2, 0) is 4.74 Å². The molecule has 1 amide bonds. The molecular weight excluding hydrogens is 202 g/mol. The van der Waals surface area contributed by atoms with Crippen molar-refractivity contribution in [1.29, 1.82) is 0 Å². The third-order valence-corrected chi connectivity index (χ3v) is 2.31. The molecule has 0 unspecified atom stereocenters. The average molecular weight is 229 g/mol. The van der Waals surface area contributed by atoms with Gasteiger partial charge in [0.2, 0.25) is 0 Å². The fourth-order valence-electron chi connectivity index (χ4n) is 1.37. The standard InChI is InChI=1S/C13H27NO2/c1-8-11(4)14(9-10(2)3)12(15)16-13(5,6)7/h10-11H,8-9H2,1-7H3/t11-/m1/s1. The maximum Gasteiger partial charge on any atom is 0.410 e. The summed E-state index contributed by atoms with van der Waals surface area (Å²) in [4.78, 5) is 13.8. The summed E-state index contributed by atoms with van der Waals surface area (Å²) >= 11 is 0. The van der Waals surface area contributed by atoms with E-state index in [9.17, 15) is 4.79 Å². The Bertz CT molecular complexity index is 218. The molecule has 1 atom stereocenters. The van der Waals surface area contributed by atoms with Crippen molar-refractivity contribution >= 4 is 6.09 Å². The van der Waals surface area contributed by atoms with E-state index in [1.54, 1.807) is 0 Å². The SMILES string of the molecule is CC[C@@H](C)N(CC(C)C)C(=O)OC(C)(C)C. The van der Waals surface area contributed by atoms with Crippen LogP contribution < -0.4 is 0 Å². The van der Waals surface area contributed by atoms with Crippen molar-refractivity contribution in [3.8, 4) is 0 Å². The van der Waals surface area contributed by atoms with E-state index >= 15 is 0 Å². The van der Waals surface area contributed by atoms with Crippen LogP contribution in [0.5, 0.6) is 0 Å². The Morgan fingerprint density at radius 1 is 1.25 bits per heavy atom. The first-order valence-corrected chi connectivity index (χ1v) is 6.17. The van der Waals surface area contributed by atoms with E-state index in [1.807, 2.05) is 25.7 Å². The van der Waals surface area contributed by atoms with Gasteiger partial charge in [-0.3, -0.25) is 0 Å². The summed E-state index contributed by atoms with van der Waals surface area (Å²) in [7, 11) is 0. The molecule has 3 nitrogen and oxygen atoms in total. The molecule has 0 saturated heterocycles. The van der Waals surface area contributed by atoms with Crippen LogP contribution in [0.3, 0.4) is 0 Å². The van der Waals surface area contributed by atoms with Crippen molar-refractivity contribution in [2.24, 2.45) is 5.92 Å². The average Bonchev–Trinajstić information content (AvgIpc) is 2.09. The molecule has 0 N–H and O–H groups in total. The minimum atomic E-state index is -0.417. The smallest absolute Gasteiger partial charge is 0.410 e. The first-order valence-electron chi connectivity index (χ1n) is 6.17. The summed E-state index contributed by atoms with van der Waals surface area (Å²) in [5.41, 5.74) is -0.417. The zero-order valence-corrected chi connectivity index (χ0v) is 11.8. The molecule has 0 aliphatic carbocycles. The van der Waals surface area contributed by atoms with Gasteiger partial charge in [-0.05, 0) is 40.0 Å². The van der Waals surface area contributed by atoms with Crippen LogP contribution in [0.1, 0.15) is 54.9 Å². The summed E-state index contributed by atoms with van der Waals surface area (Å²) < 4.78 is 5.41. The van der Waals surface area contributed by atoms with Crippen molar-refractivity contribution < 1.29 is 9.53 Å². The molecule has 0 bridgehead atoms. The highest BCUT2D eigenvalue weighted by Gasteiger charge is 2.25. The molecule has 0 radical (unpaired) electrons. The molecule has 0 rings (SSSR count). The zero-order valence-electron chi connectivity index (χ0n) is 11.8. The lowest BCUT2D eigenvalue weighted by Gasteiger charge is -2.32. The maximum absolute atomic E-state index is 12.0. The Labute approximate surface area is 100 Å². The summed E-state index contributed by atoms with van der Waals surface area (Å²) in [6, 6.07) is 0.234. The minimum Gasteiger partial charge on any atom is -0.444 e. The Balaban J connectivity index is 4.56. The highest BCUT2D eigenvalue weighted by atomic mass is 16.6. The fraction of sp³-hybridized carbons (Fsp3) is 0.923. The van der Waals surface area contributed by atoms with E-state index in [0.29, 0.717) is 5.92 Å². The summed E-state index contributed by atoms with van der Waals surface area (Å²) in [5.74, 6) is 0.460. The lowest BCUT2D eigenvalue weighted by Crippen LogP contribution is -2.43. The van der Waals surface area contributed by atoms with Gasteiger partial charge in [0, 0.05) is 12.6 Å². The molecule has 16 heavy (non-hydrogen) atoms. The number of hydrogen-bond acceptors (Lipinski definition) is 2. The van der Waals surface area contributed by atoms with Crippen LogP contribution in [0.2, 0.25) is 0 Å². The third-order valence-electron chi connectivity index (χ3n) is 2.31. The number of nitrogens with zero attached hydrogens (tertiary/aromatic N) is 1. The van der Waals surface area contributed by atoms with Gasteiger partial charge in [-0.15, -0.1) is 0 Å². The largest absolute Gasteiger partial charge is 0.444 e. The van der Waals surface area contributed by atoms with Crippen LogP contribution in [0, 0.1) is 5.92 Å². The number of amides is 1. The van der Waals surface area contributed by atoms with E-state index < -0.39 is 5.60 Å². The molecule has 0 aromatic carbocycles. The molecule has 0 aliphatic rings. The molecule has 96 valence electrons. The second-order valence-corrected chi connectivity index (χ2v) is 5.78. The lowest BCUT2D eigenvalue weighted by molar-refractivity contribution is 0.0147. The quantitative estimate of drug-likeness (QED) is 0.736. The van der Waals surface area contributed by atoms with E-state index in [4.69, 9.17) is 4.74 Å². The van der Waals surface area contributed by atoms with Gasteiger partial charge in [-0.1, -0.05) is 20.8 Å². The van der Waals surface area contributed by atoms with Crippen LogP contribution in [0.15, 0.2) is 0 Å². The summed E-state index contributed by atoms with van der Waals surface area (Å²) in [6.07, 6.45) is 0.752. The highest BCUT2D eigenvalue weighted by molar-refractivity contribution is 5.68. The Morgan fingerprint density at radius 2 is 1.75 bits per heavy atom. The normalized spacial score (nSPS) is 13.8. The zero-order chi connectivity index (χ0) is 12.9. The molecular formula is C13H27NO2. The number of ether oxygens (including phenoxy) is 1. The molecule has 3 heteroatoms. The van der Waals surface area contributed by atoms with E-state index in [2.05, 4.69) is 27.7 Å². The predicted molar refractivity (Wildman–Crippen MR) is 67.5 cm³/mol. The number of carbonyl (C=O) groups is 1. The van der Waals surface area contributed by atoms with Crippen molar-refractivity contribution in [1.82, 2.24) is 4.90 Å². The Kier molecular flexibility index (Phi) is 5.84. The maximum atomic E-state index is 12.0. The predicted octanol–water partition coefficient (Wildman–Crippen LogP) is 3.68. The second kappa shape index (κ2) is 6.12. The monoisotopic (exact) mass is 229 g/mol. The van der Waals surface area contributed by atoms with Crippen molar-refractivity contribution in [2.45, 2.75) is 66.5 Å². The fourth-order valence-corrected chi connectivity index (χ4v) is 1.37. The van der Waals surface area contributed by atoms with Gasteiger partial charge in [0.05, 0.1) is 0 Å². The van der Waals surface area contributed by atoms with Crippen LogP contribution in [0.4, 0.5) is 4.79 Å². The molecule has 0 heterocycles. The number of carbonyl (C=O) groups excluding carboxylic acids is 1. The molecule has 0 spiro atoms. The second-order valence-electron chi connectivity index (χ2n) is 5.78. The molecule has 0 aromatic rings. The van der Waals surface area contributed by atoms with E-state index in [-0.39, 0.29) is 12.1 Å². The lowest BCUT2D eigenvalue weighted by atomic mass is 10.1. The van der Waals surface area contributed by atoms with E-state index in [0.717, 1.165) is 13.0 Å². The van der Waals surface area contributed by atoms with Crippen LogP contribution in [0.25, 0.3) is 0 Å². The topological polar surface area (TPSA) is 29.5 Å². The molecule has 0 aromatic heterocycles. The first kappa shape index (κ1) is 15.3. The summed E-state index contributed by atoms with van der Waals surface area (Å²) in [6.45, 7) is 14.8. The van der Waals surface area contributed by atoms with E-state index in [1.165, 1.54) is 0 Å². The molecule has 0 fully saturated rings. The van der Waals surface area contributed by atoms with Gasteiger partial charge in [-0.25, -0.2) is 4.79 Å². The van der Waals surface area contributed by atoms with Gasteiger partial charge in [-0.2, -0.15) is 0 Å². The number of hydrogen-bond donors (Lipinski definition) is 0. The van der Waals surface area contributed by atoms with Gasteiger partial charge in [0.25, 0.3) is 0 Å². The van der Waals surface area contributed by atoms with Crippen LogP contribution >= 0.6 is 0 Å². The molecule has 0 aliphatic heterocycles. The first-order chi connectivity index (χ1) is 7.17. The van der Waals surface area contributed by atoms with Crippen LogP contribution in [-0.4, -0.2) is 29.2 Å². The third kappa shape index (κ3) is 5.99. The van der Waals surface area contributed by atoms with Gasteiger partial charge in [0.1, 0.15) is 5.60 Å². The number of rotatable bonds is 4. The minimum absolute atomic E-state index is 0.199. The highest BCUT2D eigenvalue weighted by Crippen LogP contribution is 2.14. The van der Waals surface area contributed by atoms with Crippen molar-refractivity contribution in [3.05, 3.63) is 0 Å². The van der Waals surface area contributed by atoms with Crippen molar-refractivity contribution in [3.63, 3.8) is 0 Å². The van der Waals surface area contributed by atoms with Gasteiger partial charge >= 0.3 is 6.09 Å².